The summed E-state index contributed by atoms with van der Waals surface area (Å²) in [6.07, 6.45) is 12.0. The molecular formula is C22H23NO2. The highest BCUT2D eigenvalue weighted by molar-refractivity contribution is 5.99. The van der Waals surface area contributed by atoms with E-state index in [1.165, 1.54) is 11.1 Å². The number of carbonyl (C=O) groups is 1. The smallest absolute Gasteiger partial charge is 0.168 e. The van der Waals surface area contributed by atoms with Gasteiger partial charge in [0.05, 0.1) is 11.3 Å². The minimum absolute atomic E-state index is 0.190. The van der Waals surface area contributed by atoms with Gasteiger partial charge in [-0.2, -0.15) is 0 Å². The van der Waals surface area contributed by atoms with Crippen LogP contribution in [0, 0.1) is 12.8 Å². The molecule has 128 valence electrons. The summed E-state index contributed by atoms with van der Waals surface area (Å²) in [6.45, 7) is 2.07. The van der Waals surface area contributed by atoms with Crippen LogP contribution < -0.4 is 0 Å². The summed E-state index contributed by atoms with van der Waals surface area (Å²) in [5.41, 5.74) is 5.33. The van der Waals surface area contributed by atoms with Crippen LogP contribution in [0.2, 0.25) is 0 Å². The van der Waals surface area contributed by atoms with Crippen molar-refractivity contribution < 1.29 is 9.32 Å². The molecule has 0 saturated carbocycles. The number of nitrogens with zero attached hydrogens (tertiary/aromatic N) is 1. The van der Waals surface area contributed by atoms with Gasteiger partial charge in [0.1, 0.15) is 0 Å². The van der Waals surface area contributed by atoms with Gasteiger partial charge in [0.25, 0.3) is 0 Å². The van der Waals surface area contributed by atoms with Gasteiger partial charge in [-0.15, -0.1) is 0 Å². The Morgan fingerprint density at radius 2 is 2.00 bits per heavy atom. The maximum Gasteiger partial charge on any atom is 0.168 e. The molecule has 0 radical (unpaired) electrons. The van der Waals surface area contributed by atoms with Crippen molar-refractivity contribution in [3.8, 4) is 0 Å². The fourth-order valence-electron chi connectivity index (χ4n) is 3.84. The first-order chi connectivity index (χ1) is 12.2. The number of aromatic nitrogens is 1. The van der Waals surface area contributed by atoms with Crippen molar-refractivity contribution in [2.45, 2.75) is 45.4 Å². The molecule has 1 unspecified atom stereocenters. The first kappa shape index (κ1) is 16.1. The lowest BCUT2D eigenvalue weighted by Crippen LogP contribution is -2.21. The average Bonchev–Trinajstić information content (AvgIpc) is 3.01. The summed E-state index contributed by atoms with van der Waals surface area (Å²) in [5.74, 6) is 1.25. The van der Waals surface area contributed by atoms with Crippen LogP contribution in [-0.2, 0) is 12.8 Å². The van der Waals surface area contributed by atoms with Crippen molar-refractivity contribution in [2.24, 2.45) is 5.92 Å². The Bertz CT molecular complexity index is 839. The maximum atomic E-state index is 12.7. The van der Waals surface area contributed by atoms with Crippen LogP contribution in [0.5, 0.6) is 0 Å². The zero-order chi connectivity index (χ0) is 17.2. The van der Waals surface area contributed by atoms with Crippen LogP contribution in [0.1, 0.15) is 58.6 Å². The molecule has 1 aromatic carbocycles. The molecule has 25 heavy (non-hydrogen) atoms. The zero-order valence-corrected chi connectivity index (χ0v) is 14.6. The molecule has 4 rings (SSSR count). The van der Waals surface area contributed by atoms with E-state index in [1.807, 2.05) is 0 Å². The van der Waals surface area contributed by atoms with Gasteiger partial charge in [0.15, 0.2) is 11.5 Å². The van der Waals surface area contributed by atoms with Gasteiger partial charge >= 0.3 is 0 Å². The van der Waals surface area contributed by atoms with Gasteiger partial charge in [-0.1, -0.05) is 58.8 Å². The highest BCUT2D eigenvalue weighted by Gasteiger charge is 2.31. The maximum absolute atomic E-state index is 12.7. The Balaban J connectivity index is 1.50. The van der Waals surface area contributed by atoms with Crippen LogP contribution in [0.15, 0.2) is 52.6 Å². The second kappa shape index (κ2) is 6.83. The van der Waals surface area contributed by atoms with Gasteiger partial charge in [-0.3, -0.25) is 4.79 Å². The van der Waals surface area contributed by atoms with Crippen molar-refractivity contribution >= 4 is 5.78 Å². The molecule has 3 nitrogen and oxygen atoms in total. The Morgan fingerprint density at radius 3 is 2.76 bits per heavy atom. The van der Waals surface area contributed by atoms with E-state index < -0.39 is 0 Å². The lowest BCUT2D eigenvalue weighted by atomic mass is 9.81. The van der Waals surface area contributed by atoms with E-state index in [0.29, 0.717) is 18.8 Å². The van der Waals surface area contributed by atoms with Crippen molar-refractivity contribution in [1.29, 1.82) is 0 Å². The summed E-state index contributed by atoms with van der Waals surface area (Å²) in [7, 11) is 0. The molecule has 0 amide bonds. The summed E-state index contributed by atoms with van der Waals surface area (Å²) in [5, 5.41) is 4.23. The highest BCUT2D eigenvalue weighted by Crippen LogP contribution is 2.33. The van der Waals surface area contributed by atoms with Crippen LogP contribution in [0.4, 0.5) is 0 Å². The Labute approximate surface area is 148 Å². The van der Waals surface area contributed by atoms with Gasteiger partial charge in [-0.05, 0) is 44.1 Å². The number of carbonyl (C=O) groups excluding carboxylic acids is 1. The third-order valence-electron chi connectivity index (χ3n) is 5.15. The van der Waals surface area contributed by atoms with Crippen molar-refractivity contribution in [1.82, 2.24) is 5.16 Å². The van der Waals surface area contributed by atoms with E-state index in [1.54, 1.807) is 0 Å². The molecule has 0 spiro atoms. The van der Waals surface area contributed by atoms with E-state index >= 15 is 0 Å². The lowest BCUT2D eigenvalue weighted by Gasteiger charge is -2.21. The van der Waals surface area contributed by atoms with E-state index in [2.05, 4.69) is 54.6 Å². The quantitative estimate of drug-likeness (QED) is 0.792. The number of hydrogen-bond acceptors (Lipinski definition) is 3. The first-order valence-electron chi connectivity index (χ1n) is 9.11. The number of fused-ring (bicyclic) bond motifs is 1. The SMILES string of the molecule is Cc1ccc(Cc2onc3c2C(=O)CC(CC2=CCCC=C2)C3)cc1. The minimum Gasteiger partial charge on any atom is -0.360 e. The molecular weight excluding hydrogens is 310 g/mol. The van der Waals surface area contributed by atoms with Crippen LogP contribution in [0.25, 0.3) is 0 Å². The second-order valence-corrected chi connectivity index (χ2v) is 7.25. The van der Waals surface area contributed by atoms with Crippen molar-refractivity contribution in [3.63, 3.8) is 0 Å². The highest BCUT2D eigenvalue weighted by atomic mass is 16.5. The number of benzene rings is 1. The van der Waals surface area contributed by atoms with E-state index in [0.717, 1.165) is 48.3 Å². The molecule has 0 saturated heterocycles. The molecule has 0 bridgehead atoms. The van der Waals surface area contributed by atoms with Gasteiger partial charge in [0, 0.05) is 12.8 Å². The summed E-state index contributed by atoms with van der Waals surface area (Å²) >= 11 is 0. The number of allylic oxidation sites excluding steroid dienone is 4. The van der Waals surface area contributed by atoms with Crippen molar-refractivity contribution in [2.75, 3.05) is 0 Å². The van der Waals surface area contributed by atoms with Crippen molar-refractivity contribution in [3.05, 3.63) is 76.2 Å². The number of ketones is 1. The van der Waals surface area contributed by atoms with Gasteiger partial charge in [0.2, 0.25) is 0 Å². The molecule has 2 aliphatic carbocycles. The Morgan fingerprint density at radius 1 is 1.16 bits per heavy atom. The fourth-order valence-corrected chi connectivity index (χ4v) is 3.84. The summed E-state index contributed by atoms with van der Waals surface area (Å²) < 4.78 is 5.56. The van der Waals surface area contributed by atoms with E-state index in [9.17, 15) is 4.79 Å². The third-order valence-corrected chi connectivity index (χ3v) is 5.15. The zero-order valence-electron chi connectivity index (χ0n) is 14.6. The van der Waals surface area contributed by atoms with Gasteiger partial charge < -0.3 is 4.52 Å². The van der Waals surface area contributed by atoms with Crippen LogP contribution in [-0.4, -0.2) is 10.9 Å². The molecule has 0 aliphatic heterocycles. The third kappa shape index (κ3) is 3.51. The molecule has 3 heteroatoms. The fraction of sp³-hybridized carbons (Fsp3) is 0.364. The molecule has 1 heterocycles. The van der Waals surface area contributed by atoms with E-state index in [-0.39, 0.29) is 5.78 Å². The second-order valence-electron chi connectivity index (χ2n) is 7.25. The molecule has 0 N–H and O–H groups in total. The van der Waals surface area contributed by atoms with Gasteiger partial charge in [-0.25, -0.2) is 0 Å². The van der Waals surface area contributed by atoms with E-state index in [4.69, 9.17) is 4.52 Å². The molecule has 2 aliphatic rings. The molecule has 1 aromatic heterocycles. The summed E-state index contributed by atoms with van der Waals surface area (Å²) in [4.78, 5) is 12.7. The standard InChI is InChI=1S/C22H23NO2/c1-15-7-9-17(10-8-15)14-21-22-19(23-25-21)12-18(13-20(22)24)11-16-5-3-2-4-6-16/h3,5-10,18H,2,4,11-14H2,1H3. The average molecular weight is 333 g/mol. The number of Topliss-reactive ketones (excluding diaryl/α,β-unsaturated/α-hetero) is 1. The normalized spacial score (nSPS) is 19.6. The topological polar surface area (TPSA) is 43.1 Å². The number of hydrogen-bond donors (Lipinski definition) is 0. The summed E-state index contributed by atoms with van der Waals surface area (Å²) in [6, 6.07) is 8.34. The van der Waals surface area contributed by atoms with Crippen LogP contribution >= 0.6 is 0 Å². The molecule has 0 fully saturated rings. The number of aryl methyl sites for hydroxylation is 1. The predicted octanol–water partition coefficient (Wildman–Crippen LogP) is 4.99. The Kier molecular flexibility index (Phi) is 4.39. The monoisotopic (exact) mass is 333 g/mol. The largest absolute Gasteiger partial charge is 0.360 e. The Hall–Kier alpha value is -2.42. The number of rotatable bonds is 4. The van der Waals surface area contributed by atoms with Crippen LogP contribution in [0.3, 0.4) is 0 Å². The lowest BCUT2D eigenvalue weighted by molar-refractivity contribution is 0.0947. The molecule has 2 aromatic rings. The first-order valence-corrected chi connectivity index (χ1v) is 9.11. The minimum atomic E-state index is 0.190. The predicted molar refractivity (Wildman–Crippen MR) is 97.7 cm³/mol. The molecule has 1 atom stereocenters.